The highest BCUT2D eigenvalue weighted by atomic mass is 16.2. The van der Waals surface area contributed by atoms with Gasteiger partial charge in [0.2, 0.25) is 5.82 Å². The van der Waals surface area contributed by atoms with Crippen molar-refractivity contribution in [2.24, 2.45) is 20.0 Å². The van der Waals surface area contributed by atoms with E-state index in [-0.39, 0.29) is 17.4 Å². The van der Waals surface area contributed by atoms with Gasteiger partial charge in [-0.05, 0) is 25.2 Å². The molecule has 2 unspecified atom stereocenters. The average Bonchev–Trinajstić information content (AvgIpc) is 2.58. The van der Waals surface area contributed by atoms with Gasteiger partial charge in [-0.3, -0.25) is 9.36 Å². The van der Waals surface area contributed by atoms with Crippen LogP contribution in [0.2, 0.25) is 0 Å². The van der Waals surface area contributed by atoms with E-state index in [0.717, 1.165) is 23.3 Å². The lowest BCUT2D eigenvalue weighted by Gasteiger charge is -2.17. The molecular weight excluding hydrogens is 244 g/mol. The predicted octanol–water partition coefficient (Wildman–Crippen LogP) is 0.860. The van der Waals surface area contributed by atoms with Crippen molar-refractivity contribution in [2.45, 2.75) is 45.1 Å². The summed E-state index contributed by atoms with van der Waals surface area (Å²) >= 11 is 0. The van der Waals surface area contributed by atoms with Gasteiger partial charge < -0.3 is 5.32 Å². The van der Waals surface area contributed by atoms with Crippen molar-refractivity contribution >= 4 is 5.82 Å². The number of nitrogens with one attached hydrogen (secondary N) is 1. The van der Waals surface area contributed by atoms with Crippen LogP contribution in [0.5, 0.6) is 0 Å². The maximum absolute atomic E-state index is 12.0. The highest BCUT2D eigenvalue weighted by Gasteiger charge is 2.18. The monoisotopic (exact) mass is 266 g/mol. The van der Waals surface area contributed by atoms with E-state index in [4.69, 9.17) is 0 Å². The topological polar surface area (TPSA) is 68.9 Å². The molecule has 1 aliphatic carbocycles. The zero-order chi connectivity index (χ0) is 14.0. The second-order valence-electron chi connectivity index (χ2n) is 5.57. The first-order valence-corrected chi connectivity index (χ1v) is 6.90. The first-order chi connectivity index (χ1) is 8.99. The summed E-state index contributed by atoms with van der Waals surface area (Å²) in [6, 6.07) is 0.280. The summed E-state index contributed by atoms with van der Waals surface area (Å²) in [5.41, 5.74) is -0.745. The minimum Gasteiger partial charge on any atom is -0.361 e. The molecule has 1 saturated carbocycles. The maximum atomic E-state index is 12.0. The third-order valence-corrected chi connectivity index (χ3v) is 3.92. The highest BCUT2D eigenvalue weighted by Crippen LogP contribution is 2.23. The number of aryl methyl sites for hydroxylation is 1. The van der Waals surface area contributed by atoms with Crippen LogP contribution in [0.4, 0.5) is 5.82 Å². The van der Waals surface area contributed by atoms with Crippen LogP contribution < -0.4 is 16.6 Å². The average molecular weight is 266 g/mol. The van der Waals surface area contributed by atoms with Gasteiger partial charge in [0.1, 0.15) is 0 Å². The molecule has 6 nitrogen and oxygen atoms in total. The molecule has 0 spiro atoms. The Balaban J connectivity index is 2.20. The Hall–Kier alpha value is -1.59. The van der Waals surface area contributed by atoms with E-state index in [9.17, 15) is 9.59 Å². The lowest BCUT2D eigenvalue weighted by Crippen LogP contribution is -2.41. The van der Waals surface area contributed by atoms with E-state index < -0.39 is 5.69 Å². The van der Waals surface area contributed by atoms with Crippen LogP contribution in [0.15, 0.2) is 9.59 Å². The van der Waals surface area contributed by atoms with Crippen LogP contribution in [0, 0.1) is 5.92 Å². The van der Waals surface area contributed by atoms with Gasteiger partial charge in [-0.2, -0.15) is 0 Å². The molecule has 0 aliphatic heterocycles. The Bertz CT molecular complexity index is 561. The number of anilines is 1. The van der Waals surface area contributed by atoms with Gasteiger partial charge >= 0.3 is 5.69 Å². The SMILES string of the molecule is CC1CCCC(Nc2nn(C)c(=O)n(C)c2=O)CC1. The molecular formula is C13H22N4O2. The van der Waals surface area contributed by atoms with Gasteiger partial charge in [-0.1, -0.05) is 19.8 Å². The normalized spacial score (nSPS) is 23.9. The van der Waals surface area contributed by atoms with E-state index in [1.165, 1.54) is 31.0 Å². The highest BCUT2D eigenvalue weighted by molar-refractivity contribution is 5.31. The maximum Gasteiger partial charge on any atom is 0.346 e. The largest absolute Gasteiger partial charge is 0.361 e. The molecule has 0 amide bonds. The van der Waals surface area contributed by atoms with Gasteiger partial charge in [0, 0.05) is 20.1 Å². The van der Waals surface area contributed by atoms with Gasteiger partial charge in [0.15, 0.2) is 0 Å². The molecule has 1 aromatic heterocycles. The Morgan fingerprint density at radius 3 is 2.63 bits per heavy atom. The fourth-order valence-electron chi connectivity index (χ4n) is 2.61. The second-order valence-corrected chi connectivity index (χ2v) is 5.57. The Morgan fingerprint density at radius 1 is 1.16 bits per heavy atom. The van der Waals surface area contributed by atoms with Crippen LogP contribution in [-0.2, 0) is 14.1 Å². The molecule has 2 atom stereocenters. The quantitative estimate of drug-likeness (QED) is 0.806. The van der Waals surface area contributed by atoms with E-state index in [2.05, 4.69) is 17.3 Å². The summed E-state index contributed by atoms with van der Waals surface area (Å²) in [6.07, 6.45) is 5.69. The van der Waals surface area contributed by atoms with Crippen molar-refractivity contribution in [3.8, 4) is 0 Å². The van der Waals surface area contributed by atoms with Gasteiger partial charge in [-0.15, -0.1) is 5.10 Å². The molecule has 1 aliphatic rings. The molecule has 2 rings (SSSR count). The van der Waals surface area contributed by atoms with Crippen molar-refractivity contribution in [1.82, 2.24) is 14.3 Å². The summed E-state index contributed by atoms with van der Waals surface area (Å²) in [5.74, 6) is 1.03. The molecule has 1 heterocycles. The number of hydrogen-bond acceptors (Lipinski definition) is 4. The van der Waals surface area contributed by atoms with Crippen molar-refractivity contribution in [3.63, 3.8) is 0 Å². The van der Waals surface area contributed by atoms with Crippen LogP contribution in [-0.4, -0.2) is 20.4 Å². The number of aromatic nitrogens is 3. The fraction of sp³-hybridized carbons (Fsp3) is 0.769. The molecule has 1 aromatic rings. The standard InChI is InChI=1S/C13H22N4O2/c1-9-5-4-6-10(8-7-9)14-11-12(18)16(2)13(19)17(3)15-11/h9-10H,4-8H2,1-3H3,(H,14,15). The first kappa shape index (κ1) is 13.8. The van der Waals surface area contributed by atoms with Crippen LogP contribution in [0.3, 0.4) is 0 Å². The smallest absolute Gasteiger partial charge is 0.346 e. The molecule has 0 radical (unpaired) electrons. The van der Waals surface area contributed by atoms with Crippen molar-refractivity contribution < 1.29 is 0 Å². The van der Waals surface area contributed by atoms with Crippen molar-refractivity contribution in [1.29, 1.82) is 0 Å². The molecule has 0 saturated heterocycles. The molecule has 0 aromatic carbocycles. The Morgan fingerprint density at radius 2 is 1.89 bits per heavy atom. The summed E-state index contributed by atoms with van der Waals surface area (Å²) in [4.78, 5) is 23.6. The van der Waals surface area contributed by atoms with Crippen molar-refractivity contribution in [3.05, 3.63) is 20.8 Å². The molecule has 1 N–H and O–H groups in total. The van der Waals surface area contributed by atoms with Gasteiger partial charge in [-0.25, -0.2) is 9.48 Å². The first-order valence-electron chi connectivity index (χ1n) is 6.90. The van der Waals surface area contributed by atoms with Crippen LogP contribution >= 0.6 is 0 Å². The van der Waals surface area contributed by atoms with E-state index in [1.54, 1.807) is 7.05 Å². The lowest BCUT2D eigenvalue weighted by atomic mass is 10.0. The van der Waals surface area contributed by atoms with E-state index >= 15 is 0 Å². The minimum absolute atomic E-state index is 0.280. The number of rotatable bonds is 2. The zero-order valence-corrected chi connectivity index (χ0v) is 11.8. The summed E-state index contributed by atoms with van der Waals surface area (Å²) in [7, 11) is 3.04. The molecule has 6 heteroatoms. The van der Waals surface area contributed by atoms with Crippen molar-refractivity contribution in [2.75, 3.05) is 5.32 Å². The predicted molar refractivity (Wildman–Crippen MR) is 74.4 cm³/mol. The van der Waals surface area contributed by atoms with Gasteiger partial charge in [0.05, 0.1) is 0 Å². The lowest BCUT2D eigenvalue weighted by molar-refractivity contribution is 0.501. The molecule has 19 heavy (non-hydrogen) atoms. The minimum atomic E-state index is -0.398. The molecule has 1 fully saturated rings. The third kappa shape index (κ3) is 3.05. The molecule has 106 valence electrons. The number of nitrogens with zero attached hydrogens (tertiary/aromatic N) is 3. The number of hydrogen-bond donors (Lipinski definition) is 1. The fourth-order valence-corrected chi connectivity index (χ4v) is 2.61. The van der Waals surface area contributed by atoms with E-state index in [1.807, 2.05) is 0 Å². The summed E-state index contributed by atoms with van der Waals surface area (Å²) in [6.45, 7) is 2.27. The third-order valence-electron chi connectivity index (χ3n) is 3.92. The van der Waals surface area contributed by atoms with Crippen LogP contribution in [0.1, 0.15) is 39.0 Å². The summed E-state index contributed by atoms with van der Waals surface area (Å²) in [5, 5.41) is 7.25. The van der Waals surface area contributed by atoms with Crippen LogP contribution in [0.25, 0.3) is 0 Å². The second kappa shape index (κ2) is 5.59. The summed E-state index contributed by atoms with van der Waals surface area (Å²) < 4.78 is 2.29. The van der Waals surface area contributed by atoms with E-state index in [0.29, 0.717) is 0 Å². The van der Waals surface area contributed by atoms with Gasteiger partial charge in [0.25, 0.3) is 5.56 Å². The zero-order valence-electron chi connectivity index (χ0n) is 11.8. The Kier molecular flexibility index (Phi) is 4.07. The Labute approximate surface area is 112 Å². The molecule has 0 bridgehead atoms.